The van der Waals surface area contributed by atoms with Gasteiger partial charge in [0.2, 0.25) is 5.78 Å². The van der Waals surface area contributed by atoms with Crippen molar-refractivity contribution in [2.75, 3.05) is 12.3 Å². The van der Waals surface area contributed by atoms with Crippen LogP contribution in [0.5, 0.6) is 0 Å². The average Bonchev–Trinajstić information content (AvgIpc) is 3.64. The van der Waals surface area contributed by atoms with Crippen LogP contribution >= 0.6 is 0 Å². The number of carbonyl (C=O) groups is 4. The van der Waals surface area contributed by atoms with Crippen molar-refractivity contribution in [3.63, 3.8) is 0 Å². The second kappa shape index (κ2) is 11.8. The molecular weight excluding hydrogens is 527 g/mol. The van der Waals surface area contributed by atoms with Gasteiger partial charge in [0, 0.05) is 71.5 Å². The number of nitrogens with zero attached hydrogens (tertiary/aromatic N) is 5. The quantitative estimate of drug-likeness (QED) is 0.152. The molecule has 4 rings (SSSR count). The summed E-state index contributed by atoms with van der Waals surface area (Å²) in [7, 11) is 7.43. The number of rotatable bonds is 12. The smallest absolute Gasteiger partial charge is 0.406 e. The second-order valence-electron chi connectivity index (χ2n) is 10.2. The molecule has 0 saturated heterocycles. The summed E-state index contributed by atoms with van der Waals surface area (Å²) in [5.74, 6) is -0.840. The van der Waals surface area contributed by atoms with Crippen LogP contribution in [0.2, 0.25) is 6.82 Å². The summed E-state index contributed by atoms with van der Waals surface area (Å²) < 4.78 is 11.3. The van der Waals surface area contributed by atoms with Gasteiger partial charge in [-0.05, 0) is 36.1 Å². The molecule has 0 bridgehead atoms. The molecule has 4 aromatic heterocycles. The third-order valence-electron chi connectivity index (χ3n) is 6.72. The van der Waals surface area contributed by atoms with E-state index in [1.807, 2.05) is 0 Å². The number of anilines is 1. The van der Waals surface area contributed by atoms with Crippen LogP contribution in [0.15, 0.2) is 43.0 Å². The summed E-state index contributed by atoms with van der Waals surface area (Å²) in [6.07, 6.45) is 6.95. The number of carbonyl (C=O) groups excluding carboxylic acids is 4. The van der Waals surface area contributed by atoms with Gasteiger partial charge >= 0.3 is 13.0 Å². The number of hydrogen-bond donors (Lipinski definition) is 2. The van der Waals surface area contributed by atoms with E-state index in [2.05, 4.69) is 10.2 Å². The molecular formula is C28H33BN6O6. The maximum atomic E-state index is 13.1. The molecule has 41 heavy (non-hydrogen) atoms. The molecule has 12 nitrogen and oxygen atoms in total. The van der Waals surface area contributed by atoms with Gasteiger partial charge in [-0.25, -0.2) is 9.78 Å². The van der Waals surface area contributed by atoms with Crippen molar-refractivity contribution in [1.82, 2.24) is 23.3 Å². The van der Waals surface area contributed by atoms with E-state index >= 15 is 0 Å². The van der Waals surface area contributed by atoms with Gasteiger partial charge in [-0.1, -0.05) is 0 Å². The topological polar surface area (TPSA) is 142 Å². The number of esters is 1. The number of aryl methyl sites for hydroxylation is 4. The molecule has 0 unspecified atom stereocenters. The molecule has 0 fully saturated rings. The Morgan fingerprint density at radius 3 is 1.95 bits per heavy atom. The van der Waals surface area contributed by atoms with Gasteiger partial charge in [-0.15, -0.1) is 0 Å². The highest BCUT2D eigenvalue weighted by molar-refractivity contribution is 6.52. The third-order valence-corrected chi connectivity index (χ3v) is 6.72. The highest BCUT2D eigenvalue weighted by Crippen LogP contribution is 2.18. The minimum Gasteiger partial charge on any atom is -0.464 e. The molecule has 0 spiro atoms. The number of ether oxygens (including phenoxy) is 1. The van der Waals surface area contributed by atoms with E-state index in [9.17, 15) is 24.2 Å². The van der Waals surface area contributed by atoms with Crippen molar-refractivity contribution >= 4 is 36.1 Å². The average molecular weight is 560 g/mol. The van der Waals surface area contributed by atoms with Crippen LogP contribution in [-0.2, 0) is 52.2 Å². The maximum Gasteiger partial charge on any atom is 0.406 e. The van der Waals surface area contributed by atoms with Crippen molar-refractivity contribution in [3.05, 3.63) is 82.7 Å². The molecule has 0 aliphatic heterocycles. The largest absolute Gasteiger partial charge is 0.464 e. The van der Waals surface area contributed by atoms with Crippen LogP contribution in [0.25, 0.3) is 0 Å². The zero-order chi connectivity index (χ0) is 30.0. The van der Waals surface area contributed by atoms with Gasteiger partial charge in [0.05, 0.1) is 30.6 Å². The lowest BCUT2D eigenvalue weighted by atomic mass is 9.89. The fourth-order valence-electron chi connectivity index (χ4n) is 4.87. The zero-order valence-electron chi connectivity index (χ0n) is 24.0. The molecule has 0 aliphatic carbocycles. The normalized spacial score (nSPS) is 11.0. The molecule has 13 heteroatoms. The zero-order valence-corrected chi connectivity index (χ0v) is 24.0. The first kappa shape index (κ1) is 29.3. The molecule has 2 N–H and O–H groups in total. The minimum atomic E-state index is -0.756. The van der Waals surface area contributed by atoms with Gasteiger partial charge in [0.1, 0.15) is 5.69 Å². The predicted molar refractivity (Wildman–Crippen MR) is 152 cm³/mol. The summed E-state index contributed by atoms with van der Waals surface area (Å²) in [6, 6.07) is 4.98. The first-order valence-corrected chi connectivity index (χ1v) is 13.0. The molecule has 0 radical (unpaired) electrons. The molecule has 0 amide bonds. The Kier molecular flexibility index (Phi) is 8.48. The number of aromatic nitrogens is 5. The van der Waals surface area contributed by atoms with E-state index in [4.69, 9.17) is 4.74 Å². The van der Waals surface area contributed by atoms with Crippen molar-refractivity contribution in [3.8, 4) is 0 Å². The van der Waals surface area contributed by atoms with Crippen LogP contribution in [0.4, 0.5) is 5.69 Å². The van der Waals surface area contributed by atoms with Crippen molar-refractivity contribution < 1.29 is 28.9 Å². The summed E-state index contributed by atoms with van der Waals surface area (Å²) in [6.45, 7) is 1.59. The molecule has 0 saturated carbocycles. The second-order valence-corrected chi connectivity index (χ2v) is 10.2. The van der Waals surface area contributed by atoms with Crippen molar-refractivity contribution in [2.45, 2.75) is 26.1 Å². The third kappa shape index (κ3) is 6.57. The number of ketones is 3. The van der Waals surface area contributed by atoms with Crippen LogP contribution in [0, 0.1) is 0 Å². The lowest BCUT2D eigenvalue weighted by Gasteiger charge is -2.00. The first-order chi connectivity index (χ1) is 19.4. The fraction of sp³-hybridized carbons (Fsp3) is 0.321. The van der Waals surface area contributed by atoms with Gasteiger partial charge in [-0.3, -0.25) is 14.4 Å². The van der Waals surface area contributed by atoms with E-state index in [0.717, 1.165) is 0 Å². The Morgan fingerprint density at radius 2 is 1.32 bits per heavy atom. The highest BCUT2D eigenvalue weighted by Gasteiger charge is 2.21. The lowest BCUT2D eigenvalue weighted by Crippen LogP contribution is -2.18. The van der Waals surface area contributed by atoms with Gasteiger partial charge in [0.25, 0.3) is 0 Å². The van der Waals surface area contributed by atoms with Crippen LogP contribution in [0.1, 0.15) is 58.9 Å². The number of nitrogens with one attached hydrogen (secondary N) is 1. The summed E-state index contributed by atoms with van der Waals surface area (Å²) in [5.41, 5.74) is 3.67. The van der Waals surface area contributed by atoms with Crippen molar-refractivity contribution in [2.24, 2.45) is 28.2 Å². The number of imidazole rings is 1. The number of methoxy groups -OCH3 is 1. The predicted octanol–water partition coefficient (Wildman–Crippen LogP) is 2.02. The summed E-state index contributed by atoms with van der Waals surface area (Å²) in [5, 5.41) is 12.4. The van der Waals surface area contributed by atoms with E-state index in [1.54, 1.807) is 96.3 Å². The van der Waals surface area contributed by atoms with Crippen molar-refractivity contribution in [1.29, 1.82) is 0 Å². The minimum absolute atomic E-state index is 0.00819. The van der Waals surface area contributed by atoms with E-state index < -0.39 is 13.0 Å². The van der Waals surface area contributed by atoms with E-state index in [0.29, 0.717) is 39.6 Å². The molecule has 0 atom stereocenters. The molecule has 0 aliphatic rings. The molecule has 4 heterocycles. The standard InChI is InChI=1S/C28H33BN6O6/c1-29(40)31-20-11-22(34(4)16-20)25(37)12-19-15-35(5)27(30-19)26(38)10-17-7-21(32(2)13-17)24(36)9-18-8-23(28(39)41-6)33(3)14-18/h7-8,11,13-16,31,40H,9-10,12H2,1-6H3. The lowest BCUT2D eigenvalue weighted by molar-refractivity contribution is 0.0589. The highest BCUT2D eigenvalue weighted by atomic mass is 16.5. The fourth-order valence-corrected chi connectivity index (χ4v) is 4.87. The summed E-state index contributed by atoms with van der Waals surface area (Å²) >= 11 is 0. The Balaban J connectivity index is 1.42. The van der Waals surface area contributed by atoms with Crippen LogP contribution in [0.3, 0.4) is 0 Å². The SMILES string of the molecule is COC(=O)c1cc(CC(=O)c2cc(CC(=O)c3nc(CC(=O)c4cc(NB(C)O)cn4C)cn3C)cn2C)cn1C. The first-order valence-electron chi connectivity index (χ1n) is 13.0. The number of hydrogen-bond acceptors (Lipinski definition) is 8. The van der Waals surface area contributed by atoms with E-state index in [-0.39, 0.29) is 42.4 Å². The Hall–Kier alpha value is -4.65. The van der Waals surface area contributed by atoms with Crippen LogP contribution in [-0.4, -0.2) is 65.8 Å². The molecule has 4 aromatic rings. The molecule has 0 aromatic carbocycles. The maximum absolute atomic E-state index is 13.1. The Morgan fingerprint density at radius 1 is 0.780 bits per heavy atom. The van der Waals surface area contributed by atoms with Gasteiger partial charge < -0.3 is 33.3 Å². The molecule has 214 valence electrons. The van der Waals surface area contributed by atoms with Gasteiger partial charge in [-0.2, -0.15) is 0 Å². The Labute approximate surface area is 237 Å². The number of Topliss-reactive ketones (excluding diaryl/α,β-unsaturated/α-hetero) is 3. The Bertz CT molecular complexity index is 1640. The van der Waals surface area contributed by atoms with Gasteiger partial charge in [0.15, 0.2) is 17.4 Å². The summed E-state index contributed by atoms with van der Waals surface area (Å²) in [4.78, 5) is 55.4. The monoisotopic (exact) mass is 560 g/mol. The van der Waals surface area contributed by atoms with E-state index in [1.165, 1.54) is 7.11 Å². The van der Waals surface area contributed by atoms with Crippen LogP contribution < -0.4 is 5.23 Å².